The number of aryl methyl sites for hydroxylation is 1. The number of aromatic nitrogens is 2. The SMILES string of the molecule is CCOc1cc(-c2cc(CCC(=O)O)ccc2OCCN(C)C)ccc1-c1nc(N)c(N)c(=O)[nH]1. The number of benzene rings is 2. The molecule has 0 bridgehead atoms. The summed E-state index contributed by atoms with van der Waals surface area (Å²) in [4.78, 5) is 32.1. The first-order valence-corrected chi connectivity index (χ1v) is 11.2. The van der Waals surface area contributed by atoms with Gasteiger partial charge in [0.2, 0.25) is 0 Å². The number of ether oxygens (including phenoxy) is 2. The second-order valence-corrected chi connectivity index (χ2v) is 8.23. The molecule has 0 saturated heterocycles. The van der Waals surface area contributed by atoms with Gasteiger partial charge in [-0.2, -0.15) is 0 Å². The molecule has 0 amide bonds. The van der Waals surface area contributed by atoms with Gasteiger partial charge in [-0.3, -0.25) is 9.59 Å². The van der Waals surface area contributed by atoms with Gasteiger partial charge in [0.25, 0.3) is 5.56 Å². The summed E-state index contributed by atoms with van der Waals surface area (Å²) in [7, 11) is 3.93. The van der Waals surface area contributed by atoms with Crippen LogP contribution in [0.15, 0.2) is 41.2 Å². The number of carboxylic acid groups (broad SMARTS) is 1. The van der Waals surface area contributed by atoms with Gasteiger partial charge in [-0.05, 0) is 62.8 Å². The van der Waals surface area contributed by atoms with Crippen molar-refractivity contribution < 1.29 is 19.4 Å². The predicted molar refractivity (Wildman–Crippen MR) is 136 cm³/mol. The average molecular weight is 482 g/mol. The van der Waals surface area contributed by atoms with Gasteiger partial charge in [-0.15, -0.1) is 0 Å². The molecule has 3 aromatic rings. The first-order valence-electron chi connectivity index (χ1n) is 11.2. The minimum Gasteiger partial charge on any atom is -0.493 e. The van der Waals surface area contributed by atoms with Crippen LogP contribution in [0.3, 0.4) is 0 Å². The molecule has 2 aromatic carbocycles. The van der Waals surface area contributed by atoms with Crippen LogP contribution in [0.25, 0.3) is 22.5 Å². The Morgan fingerprint density at radius 1 is 1.09 bits per heavy atom. The zero-order valence-electron chi connectivity index (χ0n) is 20.1. The smallest absolute Gasteiger partial charge is 0.303 e. The lowest BCUT2D eigenvalue weighted by Gasteiger charge is -2.17. The van der Waals surface area contributed by atoms with Crippen LogP contribution in [0.4, 0.5) is 11.5 Å². The standard InChI is InChI=1S/C25H31N5O5/c1-4-34-20-14-16(7-8-17(20)24-28-23(27)22(26)25(33)29-24)18-13-15(6-10-21(31)32)5-9-19(18)35-12-11-30(2)3/h5,7-9,13-14H,4,6,10-12,26H2,1-3H3,(H,31,32)(H3,27,28,29,33). The maximum Gasteiger partial charge on any atom is 0.303 e. The molecule has 0 aliphatic rings. The van der Waals surface area contributed by atoms with Gasteiger partial charge in [0, 0.05) is 18.5 Å². The summed E-state index contributed by atoms with van der Waals surface area (Å²) in [6.07, 6.45) is 0.424. The number of carboxylic acids is 1. The van der Waals surface area contributed by atoms with Crippen molar-refractivity contribution in [3.63, 3.8) is 0 Å². The summed E-state index contributed by atoms with van der Waals surface area (Å²) >= 11 is 0. The summed E-state index contributed by atoms with van der Waals surface area (Å²) in [6.45, 7) is 3.46. The molecule has 1 heterocycles. The van der Waals surface area contributed by atoms with Crippen LogP contribution in [0, 0.1) is 0 Å². The van der Waals surface area contributed by atoms with Crippen molar-refractivity contribution in [1.82, 2.24) is 14.9 Å². The van der Waals surface area contributed by atoms with Gasteiger partial charge in [-0.25, -0.2) is 4.98 Å². The lowest BCUT2D eigenvalue weighted by molar-refractivity contribution is -0.136. The van der Waals surface area contributed by atoms with Crippen molar-refractivity contribution >= 4 is 17.5 Å². The Morgan fingerprint density at radius 3 is 2.51 bits per heavy atom. The number of aliphatic carboxylic acids is 1. The third-order valence-electron chi connectivity index (χ3n) is 5.30. The highest BCUT2D eigenvalue weighted by atomic mass is 16.5. The van der Waals surface area contributed by atoms with E-state index in [1.54, 1.807) is 6.07 Å². The minimum atomic E-state index is -0.856. The molecule has 0 aliphatic heterocycles. The van der Waals surface area contributed by atoms with Crippen molar-refractivity contribution in [3.8, 4) is 34.0 Å². The summed E-state index contributed by atoms with van der Waals surface area (Å²) in [5.41, 5.74) is 13.8. The van der Waals surface area contributed by atoms with E-state index >= 15 is 0 Å². The number of nitrogens with zero attached hydrogens (tertiary/aromatic N) is 2. The Kier molecular flexibility index (Phi) is 8.32. The van der Waals surface area contributed by atoms with Crippen LogP contribution < -0.4 is 26.5 Å². The van der Waals surface area contributed by atoms with Crippen LogP contribution in [0.1, 0.15) is 18.9 Å². The van der Waals surface area contributed by atoms with Crippen molar-refractivity contribution in [2.75, 3.05) is 45.3 Å². The molecule has 0 unspecified atom stereocenters. The van der Waals surface area contributed by atoms with Crippen molar-refractivity contribution in [2.45, 2.75) is 19.8 Å². The summed E-state index contributed by atoms with van der Waals surface area (Å²) in [6, 6.07) is 11.1. The molecule has 0 saturated carbocycles. The van der Waals surface area contributed by atoms with E-state index in [2.05, 4.69) is 9.97 Å². The van der Waals surface area contributed by atoms with E-state index in [-0.39, 0.29) is 23.8 Å². The number of nitrogens with two attached hydrogens (primary N) is 2. The molecule has 0 spiro atoms. The fraction of sp³-hybridized carbons (Fsp3) is 0.320. The Hall–Kier alpha value is -4.05. The third-order valence-corrected chi connectivity index (χ3v) is 5.30. The fourth-order valence-corrected chi connectivity index (χ4v) is 3.46. The Labute approximate surface area is 203 Å². The van der Waals surface area contributed by atoms with E-state index < -0.39 is 11.5 Å². The second kappa shape index (κ2) is 11.4. The molecule has 10 nitrogen and oxygen atoms in total. The van der Waals surface area contributed by atoms with E-state index in [1.165, 1.54) is 0 Å². The maximum absolute atomic E-state index is 12.1. The minimum absolute atomic E-state index is 0.0288. The molecular weight excluding hydrogens is 450 g/mol. The first kappa shape index (κ1) is 25.6. The summed E-state index contributed by atoms with van der Waals surface area (Å²) < 4.78 is 11.9. The van der Waals surface area contributed by atoms with E-state index in [9.17, 15) is 9.59 Å². The molecule has 186 valence electrons. The lowest BCUT2D eigenvalue weighted by Crippen LogP contribution is -2.19. The molecule has 35 heavy (non-hydrogen) atoms. The fourth-order valence-electron chi connectivity index (χ4n) is 3.46. The zero-order chi connectivity index (χ0) is 25.5. The number of nitrogen functional groups attached to an aromatic ring is 2. The number of rotatable bonds is 11. The highest BCUT2D eigenvalue weighted by molar-refractivity contribution is 5.78. The van der Waals surface area contributed by atoms with Crippen LogP contribution in [-0.4, -0.2) is 59.8 Å². The van der Waals surface area contributed by atoms with Gasteiger partial charge in [0.15, 0.2) is 5.82 Å². The van der Waals surface area contributed by atoms with Gasteiger partial charge < -0.3 is 35.9 Å². The Balaban J connectivity index is 2.07. The lowest BCUT2D eigenvalue weighted by atomic mass is 9.98. The molecule has 0 radical (unpaired) electrons. The zero-order valence-corrected chi connectivity index (χ0v) is 20.1. The summed E-state index contributed by atoms with van der Waals surface area (Å²) in [5.74, 6) is 0.495. The van der Waals surface area contributed by atoms with E-state index in [1.807, 2.05) is 56.3 Å². The molecule has 0 atom stereocenters. The predicted octanol–water partition coefficient (Wildman–Crippen LogP) is 2.62. The Bertz CT molecular complexity index is 1260. The first-order chi connectivity index (χ1) is 16.7. The molecule has 0 aliphatic carbocycles. The van der Waals surface area contributed by atoms with Crippen LogP contribution in [-0.2, 0) is 11.2 Å². The number of nitrogens with one attached hydrogen (secondary N) is 1. The van der Waals surface area contributed by atoms with E-state index in [0.717, 1.165) is 23.2 Å². The number of anilines is 2. The summed E-state index contributed by atoms with van der Waals surface area (Å²) in [5, 5.41) is 9.08. The molecule has 1 aromatic heterocycles. The molecule has 10 heteroatoms. The normalized spacial score (nSPS) is 11.0. The quantitative estimate of drug-likeness (QED) is 0.323. The van der Waals surface area contributed by atoms with Gasteiger partial charge in [0.1, 0.15) is 29.6 Å². The molecular formula is C25H31N5O5. The van der Waals surface area contributed by atoms with Crippen LogP contribution in [0.2, 0.25) is 0 Å². The van der Waals surface area contributed by atoms with Gasteiger partial charge in [0.05, 0.1) is 12.2 Å². The highest BCUT2D eigenvalue weighted by Crippen LogP contribution is 2.37. The molecule has 3 rings (SSSR count). The van der Waals surface area contributed by atoms with Crippen LogP contribution in [0.5, 0.6) is 11.5 Å². The Morgan fingerprint density at radius 2 is 1.86 bits per heavy atom. The largest absolute Gasteiger partial charge is 0.493 e. The average Bonchev–Trinajstić information content (AvgIpc) is 2.81. The molecule has 6 N–H and O–H groups in total. The second-order valence-electron chi connectivity index (χ2n) is 8.23. The monoisotopic (exact) mass is 481 g/mol. The third kappa shape index (κ3) is 6.51. The number of likely N-dealkylation sites (N-methyl/N-ethyl adjacent to an activating group) is 1. The van der Waals surface area contributed by atoms with Gasteiger partial charge >= 0.3 is 5.97 Å². The molecule has 0 fully saturated rings. The van der Waals surface area contributed by atoms with Gasteiger partial charge in [-0.1, -0.05) is 12.1 Å². The number of carbonyl (C=O) groups is 1. The van der Waals surface area contributed by atoms with E-state index in [4.69, 9.17) is 26.0 Å². The van der Waals surface area contributed by atoms with Crippen LogP contribution >= 0.6 is 0 Å². The highest BCUT2D eigenvalue weighted by Gasteiger charge is 2.16. The number of hydrogen-bond donors (Lipinski definition) is 4. The number of H-pyrrole nitrogens is 1. The van der Waals surface area contributed by atoms with Crippen molar-refractivity contribution in [3.05, 3.63) is 52.3 Å². The van der Waals surface area contributed by atoms with Crippen molar-refractivity contribution in [2.24, 2.45) is 0 Å². The topological polar surface area (TPSA) is 157 Å². The number of aromatic amines is 1. The van der Waals surface area contributed by atoms with E-state index in [0.29, 0.717) is 36.7 Å². The number of hydrogen-bond acceptors (Lipinski definition) is 8. The maximum atomic E-state index is 12.1. The van der Waals surface area contributed by atoms with Crippen molar-refractivity contribution in [1.29, 1.82) is 0 Å².